The first kappa shape index (κ1) is 38.8. The number of ether oxygens (including phenoxy) is 2. The van der Waals surface area contributed by atoms with E-state index in [-0.39, 0.29) is 23.6 Å². The topological polar surface area (TPSA) is 109 Å². The van der Waals surface area contributed by atoms with E-state index in [0.29, 0.717) is 31.6 Å². The van der Waals surface area contributed by atoms with Gasteiger partial charge in [0.05, 0.1) is 12.3 Å². The van der Waals surface area contributed by atoms with Gasteiger partial charge in [-0.2, -0.15) is 4.90 Å². The van der Waals surface area contributed by atoms with Crippen LogP contribution in [0.4, 0.5) is 4.79 Å². The number of allylic oxidation sites excluding steroid dienone is 8. The first-order valence-electron chi connectivity index (χ1n) is 16.5. The highest BCUT2D eigenvalue weighted by Gasteiger charge is 2.32. The molecule has 1 aliphatic rings. The van der Waals surface area contributed by atoms with Crippen molar-refractivity contribution in [3.63, 3.8) is 0 Å². The molecule has 256 valence electrons. The third-order valence-electron chi connectivity index (χ3n) is 7.43. The summed E-state index contributed by atoms with van der Waals surface area (Å²) in [7, 11) is 1.62. The number of hydrogen-bond donors (Lipinski definition) is 2. The number of rotatable bonds is 13. The summed E-state index contributed by atoms with van der Waals surface area (Å²) < 4.78 is 11.7. The number of carbonyl (C=O) groups is 3. The van der Waals surface area contributed by atoms with Gasteiger partial charge in [-0.1, -0.05) is 52.0 Å². The average Bonchev–Trinajstić information content (AvgIpc) is 3.52. The number of imide groups is 1. The molecule has 47 heavy (non-hydrogen) atoms. The summed E-state index contributed by atoms with van der Waals surface area (Å²) in [6.45, 7) is 18.1. The zero-order valence-electron chi connectivity index (χ0n) is 30.0. The molecule has 0 saturated carbocycles. The molecule has 1 saturated heterocycles. The van der Waals surface area contributed by atoms with E-state index in [1.807, 2.05) is 52.0 Å². The molecular weight excluding hydrogens is 592 g/mol. The van der Waals surface area contributed by atoms with Crippen molar-refractivity contribution in [1.29, 1.82) is 0 Å². The summed E-state index contributed by atoms with van der Waals surface area (Å²) in [5, 5.41) is 6.13. The maximum atomic E-state index is 13.4. The van der Waals surface area contributed by atoms with Crippen LogP contribution in [0.3, 0.4) is 0 Å². The average molecular weight is 647 g/mol. The molecule has 0 aliphatic carbocycles. The maximum absolute atomic E-state index is 13.4. The van der Waals surface area contributed by atoms with Gasteiger partial charge in [0.1, 0.15) is 17.2 Å². The minimum atomic E-state index is -0.771. The van der Waals surface area contributed by atoms with E-state index in [1.54, 1.807) is 53.1 Å². The summed E-state index contributed by atoms with van der Waals surface area (Å²) in [4.78, 5) is 44.3. The molecule has 0 bridgehead atoms. The Bertz CT molecular complexity index is 1460. The Hall–Kier alpha value is -4.40. The van der Waals surface area contributed by atoms with Crippen LogP contribution in [0.5, 0.6) is 0 Å². The molecule has 0 aromatic heterocycles. The lowest BCUT2D eigenvalue weighted by Gasteiger charge is -2.27. The predicted octanol–water partition coefficient (Wildman–Crippen LogP) is 8.13. The number of nitrogens with zero attached hydrogens (tertiary/aromatic N) is 2. The number of nitrogens with one attached hydrogen (secondary N) is 2. The number of benzene rings is 1. The molecule has 3 amide bonds. The normalized spacial score (nSPS) is 17.0. The van der Waals surface area contributed by atoms with Crippen LogP contribution in [0, 0.1) is 5.92 Å². The molecule has 2 N–H and O–H groups in total. The number of hydrogen-bond acceptors (Lipinski definition) is 7. The molecule has 1 aliphatic heterocycles. The fourth-order valence-electron chi connectivity index (χ4n) is 4.73. The van der Waals surface area contributed by atoms with Crippen molar-refractivity contribution in [3.05, 3.63) is 93.7 Å². The van der Waals surface area contributed by atoms with Crippen LogP contribution >= 0.6 is 0 Å². The molecule has 1 aromatic carbocycles. The summed E-state index contributed by atoms with van der Waals surface area (Å²) in [6, 6.07) is 7.52. The highest BCUT2D eigenvalue weighted by Crippen LogP contribution is 2.33. The van der Waals surface area contributed by atoms with Crippen molar-refractivity contribution in [3.8, 4) is 0 Å². The van der Waals surface area contributed by atoms with Gasteiger partial charge in [0.15, 0.2) is 0 Å². The van der Waals surface area contributed by atoms with Gasteiger partial charge in [-0.15, -0.1) is 0 Å². The van der Waals surface area contributed by atoms with Crippen molar-refractivity contribution >= 4 is 24.1 Å². The first-order chi connectivity index (χ1) is 22.3. The van der Waals surface area contributed by atoms with E-state index in [0.717, 1.165) is 51.5 Å². The van der Waals surface area contributed by atoms with E-state index < -0.39 is 11.7 Å². The third-order valence-corrected chi connectivity index (χ3v) is 7.43. The Balaban J connectivity index is 2.47. The van der Waals surface area contributed by atoms with Crippen LogP contribution in [0.1, 0.15) is 104 Å². The second-order valence-corrected chi connectivity index (χ2v) is 12.5. The Morgan fingerprint density at radius 1 is 1.13 bits per heavy atom. The van der Waals surface area contributed by atoms with Gasteiger partial charge in [-0.3, -0.25) is 9.59 Å². The summed E-state index contributed by atoms with van der Waals surface area (Å²) in [5.74, 6) is 0.181. The van der Waals surface area contributed by atoms with Crippen LogP contribution in [-0.2, 0) is 20.8 Å². The molecule has 0 spiro atoms. The molecule has 2 rings (SSSR count). The van der Waals surface area contributed by atoms with Gasteiger partial charge in [0, 0.05) is 43.3 Å². The van der Waals surface area contributed by atoms with E-state index in [9.17, 15) is 14.4 Å². The van der Waals surface area contributed by atoms with Crippen LogP contribution in [-0.4, -0.2) is 48.3 Å². The number of carbonyl (C=O) groups excluding carboxylic acids is 3. The molecule has 1 atom stereocenters. The van der Waals surface area contributed by atoms with Crippen LogP contribution in [0.25, 0.3) is 0 Å². The van der Waals surface area contributed by atoms with Gasteiger partial charge >= 0.3 is 6.09 Å². The zero-order chi connectivity index (χ0) is 35.1. The fourth-order valence-corrected chi connectivity index (χ4v) is 4.73. The summed E-state index contributed by atoms with van der Waals surface area (Å²) >= 11 is 0. The minimum Gasteiger partial charge on any atom is -0.491 e. The van der Waals surface area contributed by atoms with Crippen molar-refractivity contribution in [2.45, 2.75) is 100 Å². The second-order valence-electron chi connectivity index (χ2n) is 12.5. The van der Waals surface area contributed by atoms with Crippen LogP contribution in [0.15, 0.2) is 87.6 Å². The maximum Gasteiger partial charge on any atom is 0.422 e. The molecule has 1 unspecified atom stereocenters. The van der Waals surface area contributed by atoms with Crippen molar-refractivity contribution in [1.82, 2.24) is 15.5 Å². The van der Waals surface area contributed by atoms with Crippen molar-refractivity contribution in [2.75, 3.05) is 13.7 Å². The minimum absolute atomic E-state index is 0.124. The Kier molecular flexibility index (Phi) is 15.4. The SMILES string of the molecule is CC/C=C(/N=C\C=C(/C)C(/C=C/CC)=C1CCO/C1=C(/C)NCc1cccc(C(=O)NC)c1)N(C(=O)OC(C)(C)C)C(=O)C(C)CC. The van der Waals surface area contributed by atoms with E-state index >= 15 is 0 Å². The lowest BCUT2D eigenvalue weighted by molar-refractivity contribution is -0.132. The quantitative estimate of drug-likeness (QED) is 0.210. The van der Waals surface area contributed by atoms with E-state index in [1.165, 1.54) is 0 Å². The molecule has 0 radical (unpaired) electrons. The lowest BCUT2D eigenvalue weighted by atomic mass is 9.97. The second kappa shape index (κ2) is 18.7. The molecule has 9 heteroatoms. The molecule has 1 heterocycles. The Labute approximate surface area is 281 Å². The van der Waals surface area contributed by atoms with E-state index in [2.05, 4.69) is 34.7 Å². The van der Waals surface area contributed by atoms with Gasteiger partial charge in [-0.05, 0) is 94.9 Å². The smallest absolute Gasteiger partial charge is 0.422 e. The molecule has 9 nitrogen and oxygen atoms in total. The summed E-state index contributed by atoms with van der Waals surface area (Å²) in [6.07, 6.45) is 11.5. The Morgan fingerprint density at radius 3 is 2.47 bits per heavy atom. The fraction of sp³-hybridized carbons (Fsp3) is 0.474. The number of aliphatic imine (C=N–C) groups is 1. The summed E-state index contributed by atoms with van der Waals surface area (Å²) in [5.41, 5.74) is 4.77. The molecule has 1 fully saturated rings. The zero-order valence-corrected chi connectivity index (χ0v) is 30.0. The predicted molar refractivity (Wildman–Crippen MR) is 190 cm³/mol. The van der Waals surface area contributed by atoms with Gasteiger partial charge in [0.25, 0.3) is 5.91 Å². The Morgan fingerprint density at radius 2 is 1.85 bits per heavy atom. The van der Waals surface area contributed by atoms with Crippen molar-refractivity contribution in [2.24, 2.45) is 10.9 Å². The standard InChI is InChI=1S/C38H54N4O5/c1-11-14-19-31(32-21-23-46-34(32)28(6)41-25-29-17-15-18-30(24-29)35(43)39-10)27(5)20-22-40-33(16-12-2)42(36(44)26(4)13-3)37(45)47-38(7,8)9/h14-20,22,24,26,41H,11-13,21,23,25H2,1-10H3,(H,39,43)/b19-14+,27-20+,32-31?,33-16-,34-28-,40-22-. The highest BCUT2D eigenvalue weighted by atomic mass is 16.6. The largest absolute Gasteiger partial charge is 0.491 e. The monoisotopic (exact) mass is 646 g/mol. The first-order valence-corrected chi connectivity index (χ1v) is 16.5. The van der Waals surface area contributed by atoms with Gasteiger partial charge in [0.2, 0.25) is 5.91 Å². The number of amides is 3. The molecular formula is C38H54N4O5. The highest BCUT2D eigenvalue weighted by molar-refractivity contribution is 5.96. The van der Waals surface area contributed by atoms with E-state index in [4.69, 9.17) is 9.47 Å². The van der Waals surface area contributed by atoms with Crippen LogP contribution in [0.2, 0.25) is 0 Å². The lowest BCUT2D eigenvalue weighted by Crippen LogP contribution is -2.42. The third kappa shape index (κ3) is 11.7. The molecule has 1 aromatic rings. The van der Waals surface area contributed by atoms with Gasteiger partial charge in [-0.25, -0.2) is 9.79 Å². The van der Waals surface area contributed by atoms with Crippen molar-refractivity contribution < 1.29 is 23.9 Å². The van der Waals surface area contributed by atoms with Crippen LogP contribution < -0.4 is 10.6 Å². The van der Waals surface area contributed by atoms with Gasteiger partial charge < -0.3 is 20.1 Å².